The van der Waals surface area contributed by atoms with Crippen molar-refractivity contribution in [2.24, 2.45) is 17.8 Å². The molecular weight excluding hydrogens is 96.1 g/mol. The van der Waals surface area contributed by atoms with Crippen molar-refractivity contribution in [2.45, 2.75) is 19.8 Å². The van der Waals surface area contributed by atoms with Crippen LogP contribution in [0.2, 0.25) is 0 Å². The topological polar surface area (TPSA) is 0 Å². The van der Waals surface area contributed by atoms with Gasteiger partial charge >= 0.3 is 0 Å². The summed E-state index contributed by atoms with van der Waals surface area (Å²) in [5.74, 6) is 3.21. The van der Waals surface area contributed by atoms with Gasteiger partial charge in [-0.1, -0.05) is 19.1 Å². The molecule has 0 aromatic carbocycles. The molecule has 0 bridgehead atoms. The van der Waals surface area contributed by atoms with Crippen molar-refractivity contribution in [3.05, 3.63) is 12.2 Å². The largest absolute Gasteiger partial charge is 0.0882 e. The molecule has 2 rings (SSSR count). The van der Waals surface area contributed by atoms with E-state index in [4.69, 9.17) is 0 Å². The van der Waals surface area contributed by atoms with Crippen molar-refractivity contribution in [2.75, 3.05) is 0 Å². The van der Waals surface area contributed by atoms with E-state index in [1.54, 1.807) is 0 Å². The van der Waals surface area contributed by atoms with E-state index in [0.717, 1.165) is 17.8 Å². The van der Waals surface area contributed by atoms with Gasteiger partial charge in [0.05, 0.1) is 0 Å². The van der Waals surface area contributed by atoms with Crippen LogP contribution < -0.4 is 0 Å². The summed E-state index contributed by atoms with van der Waals surface area (Å²) in [5, 5.41) is 0. The van der Waals surface area contributed by atoms with Gasteiger partial charge in [0.25, 0.3) is 0 Å². The Kier molecular flexibility index (Phi) is 0.787. The van der Waals surface area contributed by atoms with E-state index in [0.29, 0.717) is 0 Å². The number of hydrogen-bond acceptors (Lipinski definition) is 0. The van der Waals surface area contributed by atoms with Crippen molar-refractivity contribution in [3.63, 3.8) is 0 Å². The van der Waals surface area contributed by atoms with Crippen molar-refractivity contribution < 1.29 is 0 Å². The first-order valence-corrected chi connectivity index (χ1v) is 3.54. The molecule has 0 N–H and O–H groups in total. The first-order chi connectivity index (χ1) is 3.89. The quantitative estimate of drug-likeness (QED) is 0.417. The molecule has 0 heterocycles. The zero-order chi connectivity index (χ0) is 5.56. The molecule has 2 aliphatic rings. The smallest absolute Gasteiger partial charge is 0.0317 e. The average molecular weight is 108 g/mol. The van der Waals surface area contributed by atoms with E-state index in [1.807, 2.05) is 0 Å². The Morgan fingerprint density at radius 3 is 2.00 bits per heavy atom. The van der Waals surface area contributed by atoms with Crippen LogP contribution in [0.25, 0.3) is 0 Å². The third-order valence-corrected chi connectivity index (χ3v) is 2.74. The predicted octanol–water partition coefficient (Wildman–Crippen LogP) is 2.22. The highest BCUT2D eigenvalue weighted by atomic mass is 14.5. The Balaban J connectivity index is 2.08. The molecule has 0 nitrogen and oxygen atoms in total. The fourth-order valence-electron chi connectivity index (χ4n) is 1.92. The van der Waals surface area contributed by atoms with Gasteiger partial charge in [-0.25, -0.2) is 0 Å². The van der Waals surface area contributed by atoms with Gasteiger partial charge in [0.1, 0.15) is 0 Å². The monoisotopic (exact) mass is 108 g/mol. The second kappa shape index (κ2) is 1.37. The van der Waals surface area contributed by atoms with Crippen molar-refractivity contribution in [1.29, 1.82) is 0 Å². The maximum atomic E-state index is 2.38. The molecule has 0 aliphatic heterocycles. The lowest BCUT2D eigenvalue weighted by molar-refractivity contribution is 0.689. The molecule has 1 saturated carbocycles. The van der Waals surface area contributed by atoms with E-state index in [1.165, 1.54) is 12.8 Å². The molecule has 8 heavy (non-hydrogen) atoms. The zero-order valence-corrected chi connectivity index (χ0v) is 5.30. The molecule has 0 aromatic rings. The van der Waals surface area contributed by atoms with Gasteiger partial charge in [0.15, 0.2) is 0 Å². The number of rotatable bonds is 0. The molecule has 0 aromatic heterocycles. The number of hydrogen-bond donors (Lipinski definition) is 0. The zero-order valence-electron chi connectivity index (χ0n) is 5.30. The van der Waals surface area contributed by atoms with Gasteiger partial charge in [0.2, 0.25) is 0 Å². The Bertz CT molecular complexity index is 110. The highest BCUT2D eigenvalue weighted by Gasteiger charge is 2.45. The summed E-state index contributed by atoms with van der Waals surface area (Å²) < 4.78 is 0. The summed E-state index contributed by atoms with van der Waals surface area (Å²) in [4.78, 5) is 0. The Morgan fingerprint density at radius 1 is 1.12 bits per heavy atom. The maximum Gasteiger partial charge on any atom is -0.0317 e. The third kappa shape index (κ3) is 0.460. The van der Waals surface area contributed by atoms with Gasteiger partial charge in [-0.3, -0.25) is 0 Å². The van der Waals surface area contributed by atoms with Crippen LogP contribution in [0.4, 0.5) is 0 Å². The van der Waals surface area contributed by atoms with Crippen molar-refractivity contribution in [3.8, 4) is 0 Å². The fraction of sp³-hybridized carbons (Fsp3) is 0.750. The minimum atomic E-state index is 1.05. The molecule has 0 radical (unpaired) electrons. The third-order valence-electron chi connectivity index (χ3n) is 2.74. The first kappa shape index (κ1) is 4.60. The van der Waals surface area contributed by atoms with Crippen LogP contribution in [0.3, 0.4) is 0 Å². The van der Waals surface area contributed by atoms with Gasteiger partial charge in [-0.2, -0.15) is 0 Å². The Hall–Kier alpha value is -0.260. The van der Waals surface area contributed by atoms with Crippen LogP contribution in [-0.4, -0.2) is 0 Å². The molecular formula is C8H12. The van der Waals surface area contributed by atoms with E-state index < -0.39 is 0 Å². The van der Waals surface area contributed by atoms with Gasteiger partial charge in [-0.15, -0.1) is 0 Å². The van der Waals surface area contributed by atoms with E-state index >= 15 is 0 Å². The maximum absolute atomic E-state index is 2.38. The van der Waals surface area contributed by atoms with Crippen LogP contribution in [-0.2, 0) is 0 Å². The van der Waals surface area contributed by atoms with Crippen LogP contribution in [0, 0.1) is 17.8 Å². The molecule has 2 atom stereocenters. The molecule has 0 saturated heterocycles. The van der Waals surface area contributed by atoms with Gasteiger partial charge in [0, 0.05) is 0 Å². The Labute approximate surface area is 50.6 Å². The number of allylic oxidation sites excluding steroid dienone is 2. The molecule has 0 spiro atoms. The average Bonchev–Trinajstić information content (AvgIpc) is 2.46. The predicted molar refractivity (Wildman–Crippen MR) is 34.5 cm³/mol. The van der Waals surface area contributed by atoms with Crippen LogP contribution in [0.5, 0.6) is 0 Å². The van der Waals surface area contributed by atoms with Crippen LogP contribution in [0.1, 0.15) is 19.8 Å². The molecule has 1 fully saturated rings. The van der Waals surface area contributed by atoms with E-state index in [9.17, 15) is 0 Å². The highest BCUT2D eigenvalue weighted by Crippen LogP contribution is 2.52. The minimum absolute atomic E-state index is 1.05. The normalized spacial score (nSPS) is 50.9. The SMILES string of the molecule is CC1[C@@H]2CC=CC[C@@H]12. The van der Waals surface area contributed by atoms with Gasteiger partial charge < -0.3 is 0 Å². The van der Waals surface area contributed by atoms with Gasteiger partial charge in [-0.05, 0) is 30.6 Å². The Morgan fingerprint density at radius 2 is 1.62 bits per heavy atom. The summed E-state index contributed by atoms with van der Waals surface area (Å²) >= 11 is 0. The van der Waals surface area contributed by atoms with E-state index in [2.05, 4.69) is 19.1 Å². The van der Waals surface area contributed by atoms with Crippen molar-refractivity contribution >= 4 is 0 Å². The molecule has 0 unspecified atom stereocenters. The summed E-state index contributed by atoms with van der Waals surface area (Å²) in [6, 6.07) is 0. The molecule has 44 valence electrons. The lowest BCUT2D eigenvalue weighted by Crippen LogP contribution is -1.83. The minimum Gasteiger partial charge on any atom is -0.0882 e. The van der Waals surface area contributed by atoms with Crippen LogP contribution in [0.15, 0.2) is 12.2 Å². The summed E-state index contributed by atoms with van der Waals surface area (Å²) in [5.41, 5.74) is 0. The standard InChI is InChI=1S/C8H12/c1-6-7-4-2-3-5-8(6)7/h2-3,6-8H,4-5H2,1H3/t7-,8-/m0/s1. The second-order valence-electron chi connectivity index (χ2n) is 3.13. The number of fused-ring (bicyclic) bond motifs is 1. The summed E-state index contributed by atoms with van der Waals surface area (Å²) in [6.07, 6.45) is 7.41. The summed E-state index contributed by atoms with van der Waals surface area (Å²) in [6.45, 7) is 2.38. The fourth-order valence-corrected chi connectivity index (χ4v) is 1.92. The lowest BCUT2D eigenvalue weighted by atomic mass is 10.1. The molecule has 2 aliphatic carbocycles. The second-order valence-corrected chi connectivity index (χ2v) is 3.13. The molecule has 0 heteroatoms. The highest BCUT2D eigenvalue weighted by molar-refractivity contribution is 5.06. The van der Waals surface area contributed by atoms with E-state index in [-0.39, 0.29) is 0 Å². The van der Waals surface area contributed by atoms with Crippen molar-refractivity contribution in [1.82, 2.24) is 0 Å². The van der Waals surface area contributed by atoms with Crippen LogP contribution >= 0.6 is 0 Å². The molecule has 0 amide bonds. The first-order valence-electron chi connectivity index (χ1n) is 3.54. The summed E-state index contributed by atoms with van der Waals surface area (Å²) in [7, 11) is 0. The lowest BCUT2D eigenvalue weighted by Gasteiger charge is -1.96.